The summed E-state index contributed by atoms with van der Waals surface area (Å²) < 4.78 is 5.61. The third-order valence-corrected chi connectivity index (χ3v) is 2.19. The number of ether oxygens (including phenoxy) is 1. The van der Waals surface area contributed by atoms with Crippen molar-refractivity contribution < 1.29 is 9.84 Å². The van der Waals surface area contributed by atoms with Gasteiger partial charge in [0, 0.05) is 0 Å². The van der Waals surface area contributed by atoms with Crippen LogP contribution in [0.25, 0.3) is 0 Å². The van der Waals surface area contributed by atoms with E-state index in [9.17, 15) is 5.11 Å². The Labute approximate surface area is 107 Å². The van der Waals surface area contributed by atoms with Crippen LogP contribution in [0.3, 0.4) is 0 Å². The zero-order chi connectivity index (χ0) is 13.4. The molecular formula is C15H17NO2. The van der Waals surface area contributed by atoms with Crippen molar-refractivity contribution in [2.75, 3.05) is 0 Å². The van der Waals surface area contributed by atoms with Gasteiger partial charge in [-0.1, -0.05) is 17.7 Å². The van der Waals surface area contributed by atoms with E-state index in [1.165, 1.54) is 12.3 Å². The van der Waals surface area contributed by atoms with Crippen LogP contribution in [0.2, 0.25) is 0 Å². The summed E-state index contributed by atoms with van der Waals surface area (Å²) in [5.74, 6) is 1.37. The monoisotopic (exact) mass is 243 g/mol. The molecule has 0 unspecified atom stereocenters. The van der Waals surface area contributed by atoms with Crippen molar-refractivity contribution >= 4 is 6.72 Å². The summed E-state index contributed by atoms with van der Waals surface area (Å²) in [6.07, 6.45) is 6.23. The topological polar surface area (TPSA) is 41.8 Å². The molecule has 1 aromatic rings. The molecule has 0 atom stereocenters. The highest BCUT2D eigenvalue weighted by Crippen LogP contribution is 2.15. The van der Waals surface area contributed by atoms with Gasteiger partial charge in [-0.15, -0.1) is 0 Å². The van der Waals surface area contributed by atoms with Crippen molar-refractivity contribution in [3.05, 3.63) is 65.8 Å². The highest BCUT2D eigenvalue weighted by atomic mass is 16.5. The quantitative estimate of drug-likeness (QED) is 0.483. The lowest BCUT2D eigenvalue weighted by molar-refractivity contribution is 0.426. The molecule has 0 aliphatic rings. The second-order valence-corrected chi connectivity index (χ2v) is 3.68. The van der Waals surface area contributed by atoms with Crippen LogP contribution in [0.1, 0.15) is 12.5 Å². The van der Waals surface area contributed by atoms with Gasteiger partial charge >= 0.3 is 0 Å². The lowest BCUT2D eigenvalue weighted by Crippen LogP contribution is -1.92. The van der Waals surface area contributed by atoms with Crippen LogP contribution >= 0.6 is 0 Å². The first-order chi connectivity index (χ1) is 8.65. The fraction of sp³-hybridized carbons (Fsp3) is 0.133. The van der Waals surface area contributed by atoms with E-state index in [4.69, 9.17) is 4.74 Å². The van der Waals surface area contributed by atoms with Crippen LogP contribution in [0.15, 0.2) is 65.2 Å². The van der Waals surface area contributed by atoms with Crippen molar-refractivity contribution in [3.63, 3.8) is 0 Å². The van der Waals surface area contributed by atoms with Crippen LogP contribution in [-0.4, -0.2) is 11.8 Å². The number of aliphatic hydroxyl groups is 1. The molecule has 18 heavy (non-hydrogen) atoms. The molecule has 0 spiro atoms. The van der Waals surface area contributed by atoms with E-state index in [2.05, 4.69) is 11.7 Å². The Balaban J connectivity index is 2.81. The van der Waals surface area contributed by atoms with Crippen molar-refractivity contribution in [3.8, 4) is 5.75 Å². The van der Waals surface area contributed by atoms with Gasteiger partial charge in [-0.25, -0.2) is 0 Å². The molecule has 1 aromatic carbocycles. The van der Waals surface area contributed by atoms with Crippen molar-refractivity contribution in [1.82, 2.24) is 0 Å². The highest BCUT2D eigenvalue weighted by molar-refractivity contribution is 5.32. The fourth-order valence-electron chi connectivity index (χ4n) is 1.20. The van der Waals surface area contributed by atoms with E-state index in [0.29, 0.717) is 11.5 Å². The molecule has 94 valence electrons. The molecule has 3 nitrogen and oxygen atoms in total. The van der Waals surface area contributed by atoms with Gasteiger partial charge in [0.25, 0.3) is 0 Å². The van der Waals surface area contributed by atoms with Crippen LogP contribution in [0.5, 0.6) is 5.75 Å². The van der Waals surface area contributed by atoms with Crippen LogP contribution < -0.4 is 4.74 Å². The number of aryl methyl sites for hydroxylation is 1. The van der Waals surface area contributed by atoms with Gasteiger partial charge in [0.15, 0.2) is 0 Å². The third kappa shape index (κ3) is 4.70. The van der Waals surface area contributed by atoms with Crippen LogP contribution in [0, 0.1) is 6.92 Å². The van der Waals surface area contributed by atoms with Gasteiger partial charge in [-0.3, -0.25) is 4.99 Å². The SMILES string of the molecule is C=N/C=C(/C=C\C(O)=C/C)Oc1ccc(C)cc1. The molecule has 0 bridgehead atoms. The summed E-state index contributed by atoms with van der Waals surface area (Å²) in [7, 11) is 0. The largest absolute Gasteiger partial charge is 0.508 e. The number of hydrogen-bond donors (Lipinski definition) is 1. The summed E-state index contributed by atoms with van der Waals surface area (Å²) in [5, 5.41) is 9.32. The van der Waals surface area contributed by atoms with Gasteiger partial charge < -0.3 is 9.84 Å². The maximum absolute atomic E-state index is 9.32. The lowest BCUT2D eigenvalue weighted by atomic mass is 10.2. The number of rotatable bonds is 5. The van der Waals surface area contributed by atoms with Gasteiger partial charge in [-0.2, -0.15) is 0 Å². The van der Waals surface area contributed by atoms with E-state index < -0.39 is 0 Å². The minimum atomic E-state index is 0.164. The normalized spacial score (nSPS) is 12.8. The average Bonchev–Trinajstić information content (AvgIpc) is 2.38. The Kier molecular flexibility index (Phi) is 5.45. The Morgan fingerprint density at radius 1 is 1.28 bits per heavy atom. The summed E-state index contributed by atoms with van der Waals surface area (Å²) >= 11 is 0. The molecule has 0 saturated carbocycles. The molecule has 1 rings (SSSR count). The smallest absolute Gasteiger partial charge is 0.145 e. The molecule has 3 heteroatoms. The number of benzene rings is 1. The molecule has 0 fully saturated rings. The molecule has 0 aliphatic carbocycles. The average molecular weight is 243 g/mol. The minimum absolute atomic E-state index is 0.164. The van der Waals surface area contributed by atoms with Crippen molar-refractivity contribution in [2.45, 2.75) is 13.8 Å². The highest BCUT2D eigenvalue weighted by Gasteiger charge is 1.97. The standard InChI is InChI=1S/C15H17NO2/c1-4-13(17)7-10-15(11-16-3)18-14-8-5-12(2)6-9-14/h4-11,17H,3H2,1-2H3/b10-7-,13-4+,15-11-. The Morgan fingerprint density at radius 2 is 1.94 bits per heavy atom. The molecule has 0 saturated heterocycles. The molecule has 0 heterocycles. The first-order valence-electron chi connectivity index (χ1n) is 5.59. The van der Waals surface area contributed by atoms with Gasteiger partial charge in [0.1, 0.15) is 17.3 Å². The van der Waals surface area contributed by atoms with Crippen LogP contribution in [0.4, 0.5) is 0 Å². The summed E-state index contributed by atoms with van der Waals surface area (Å²) in [4.78, 5) is 3.66. The summed E-state index contributed by atoms with van der Waals surface area (Å²) in [5.41, 5.74) is 1.16. The number of aliphatic hydroxyl groups excluding tert-OH is 1. The molecule has 0 aromatic heterocycles. The molecule has 0 radical (unpaired) electrons. The van der Waals surface area contributed by atoms with Gasteiger partial charge in [0.2, 0.25) is 0 Å². The summed E-state index contributed by atoms with van der Waals surface area (Å²) in [6, 6.07) is 7.66. The summed E-state index contributed by atoms with van der Waals surface area (Å²) in [6.45, 7) is 7.14. The van der Waals surface area contributed by atoms with Gasteiger partial charge in [-0.05, 0) is 50.9 Å². The van der Waals surface area contributed by atoms with Crippen molar-refractivity contribution in [2.24, 2.45) is 4.99 Å². The Morgan fingerprint density at radius 3 is 2.50 bits per heavy atom. The maximum atomic E-state index is 9.32. The maximum Gasteiger partial charge on any atom is 0.145 e. The second kappa shape index (κ2) is 7.12. The van der Waals surface area contributed by atoms with Crippen molar-refractivity contribution in [1.29, 1.82) is 0 Å². The van der Waals surface area contributed by atoms with E-state index in [0.717, 1.165) is 5.56 Å². The molecule has 0 aliphatic heterocycles. The van der Waals surface area contributed by atoms with Crippen LogP contribution in [-0.2, 0) is 0 Å². The van der Waals surface area contributed by atoms with Gasteiger partial charge in [0.05, 0.1) is 6.20 Å². The third-order valence-electron chi connectivity index (χ3n) is 2.19. The van der Waals surface area contributed by atoms with E-state index in [1.54, 1.807) is 19.1 Å². The second-order valence-electron chi connectivity index (χ2n) is 3.68. The van der Waals surface area contributed by atoms with E-state index >= 15 is 0 Å². The molecule has 1 N–H and O–H groups in total. The zero-order valence-corrected chi connectivity index (χ0v) is 10.6. The zero-order valence-electron chi connectivity index (χ0n) is 10.6. The Hall–Kier alpha value is -2.29. The first kappa shape index (κ1) is 13.8. The molecular weight excluding hydrogens is 226 g/mol. The number of hydrogen-bond acceptors (Lipinski definition) is 3. The van der Waals surface area contributed by atoms with E-state index in [1.807, 2.05) is 31.2 Å². The number of aliphatic imine (C=N–C) groups is 1. The van der Waals surface area contributed by atoms with E-state index in [-0.39, 0.29) is 5.76 Å². The lowest BCUT2D eigenvalue weighted by Gasteiger charge is -2.05. The number of nitrogens with zero attached hydrogens (tertiary/aromatic N) is 1. The molecule has 0 amide bonds. The minimum Gasteiger partial charge on any atom is -0.508 e. The predicted molar refractivity (Wildman–Crippen MR) is 75.0 cm³/mol. The predicted octanol–water partition coefficient (Wildman–Crippen LogP) is 3.93. The fourth-order valence-corrected chi connectivity index (χ4v) is 1.20. The Bertz CT molecular complexity index is 482. The first-order valence-corrected chi connectivity index (χ1v) is 5.59. The number of allylic oxidation sites excluding steroid dienone is 3.